The first-order valence-electron chi connectivity index (χ1n) is 9.22. The molecule has 0 aliphatic carbocycles. The van der Waals surface area contributed by atoms with Crippen molar-refractivity contribution in [2.45, 2.75) is 20.3 Å². The zero-order chi connectivity index (χ0) is 20.5. The number of hydrogen-bond acceptors (Lipinski definition) is 5. The highest BCUT2D eigenvalue weighted by Gasteiger charge is 2.34. The fourth-order valence-corrected chi connectivity index (χ4v) is 3.94. The molecule has 1 aliphatic rings. The average Bonchev–Trinajstić information content (AvgIpc) is 3.26. The molecule has 1 aliphatic heterocycles. The van der Waals surface area contributed by atoms with Gasteiger partial charge in [-0.3, -0.25) is 19.3 Å². The summed E-state index contributed by atoms with van der Waals surface area (Å²) in [6, 6.07) is 12.8. The van der Waals surface area contributed by atoms with Gasteiger partial charge in [0.2, 0.25) is 5.91 Å². The van der Waals surface area contributed by atoms with Crippen LogP contribution in [0.5, 0.6) is 0 Å². The molecule has 0 fully saturated rings. The minimum absolute atomic E-state index is 0.0179. The normalized spacial score (nSPS) is 13.0. The number of benzene rings is 2. The summed E-state index contributed by atoms with van der Waals surface area (Å²) in [5.41, 5.74) is 4.96. The molecule has 7 heteroatoms. The van der Waals surface area contributed by atoms with Gasteiger partial charge in [-0.2, -0.15) is 0 Å². The molecule has 1 N–H and O–H groups in total. The Hall–Kier alpha value is -3.32. The first-order valence-corrected chi connectivity index (χ1v) is 10.1. The molecule has 29 heavy (non-hydrogen) atoms. The molecule has 0 bridgehead atoms. The Morgan fingerprint density at radius 3 is 2.38 bits per heavy atom. The third-order valence-electron chi connectivity index (χ3n) is 4.99. The Kier molecular flexibility index (Phi) is 4.98. The van der Waals surface area contributed by atoms with Crippen molar-refractivity contribution in [1.82, 2.24) is 9.88 Å². The molecular formula is C22H19N3O3S. The van der Waals surface area contributed by atoms with Gasteiger partial charge in [-0.25, -0.2) is 4.98 Å². The second-order valence-corrected chi connectivity index (χ2v) is 7.80. The number of aromatic nitrogens is 1. The summed E-state index contributed by atoms with van der Waals surface area (Å²) in [5.74, 6) is -1.00. The number of rotatable bonds is 5. The van der Waals surface area contributed by atoms with Crippen molar-refractivity contribution >= 4 is 34.2 Å². The molecule has 1 aromatic heterocycles. The SMILES string of the molecule is Cc1ccc(-c2csc(NC(=O)CCN3C(=O)c4ccccc4C3=O)n2)cc1C. The van der Waals surface area contributed by atoms with Crippen LogP contribution in [0.4, 0.5) is 5.13 Å². The van der Waals surface area contributed by atoms with Crippen molar-refractivity contribution in [1.29, 1.82) is 0 Å². The monoisotopic (exact) mass is 405 g/mol. The van der Waals surface area contributed by atoms with Crippen molar-refractivity contribution in [3.63, 3.8) is 0 Å². The van der Waals surface area contributed by atoms with E-state index in [1.165, 1.54) is 22.5 Å². The number of imide groups is 1. The quantitative estimate of drug-likeness (QED) is 0.650. The summed E-state index contributed by atoms with van der Waals surface area (Å²) in [6.07, 6.45) is 0.0179. The summed E-state index contributed by atoms with van der Waals surface area (Å²) in [4.78, 5) is 42.6. The molecule has 0 atom stereocenters. The van der Waals surface area contributed by atoms with E-state index in [1.807, 2.05) is 24.4 Å². The number of hydrogen-bond donors (Lipinski definition) is 1. The number of thiazole rings is 1. The van der Waals surface area contributed by atoms with Crippen LogP contribution in [-0.4, -0.2) is 34.2 Å². The summed E-state index contributed by atoms with van der Waals surface area (Å²) < 4.78 is 0. The lowest BCUT2D eigenvalue weighted by Crippen LogP contribution is -2.32. The lowest BCUT2D eigenvalue weighted by molar-refractivity contribution is -0.116. The molecule has 0 spiro atoms. The molecule has 6 nitrogen and oxygen atoms in total. The molecule has 4 rings (SSSR count). The van der Waals surface area contributed by atoms with Crippen LogP contribution in [0, 0.1) is 13.8 Å². The van der Waals surface area contributed by atoms with Crippen LogP contribution in [0.2, 0.25) is 0 Å². The maximum Gasteiger partial charge on any atom is 0.261 e. The summed E-state index contributed by atoms with van der Waals surface area (Å²) >= 11 is 1.34. The number of carbonyl (C=O) groups excluding carboxylic acids is 3. The number of fused-ring (bicyclic) bond motifs is 1. The Bertz CT molecular complexity index is 1100. The van der Waals surface area contributed by atoms with Gasteiger partial charge in [0.15, 0.2) is 5.13 Å². The van der Waals surface area contributed by atoms with Crippen LogP contribution < -0.4 is 5.32 Å². The summed E-state index contributed by atoms with van der Waals surface area (Å²) in [7, 11) is 0. The van der Waals surface area contributed by atoms with Crippen molar-refractivity contribution in [3.8, 4) is 11.3 Å². The van der Waals surface area contributed by atoms with E-state index in [-0.39, 0.29) is 30.7 Å². The number of nitrogens with zero attached hydrogens (tertiary/aromatic N) is 2. The average molecular weight is 405 g/mol. The van der Waals surface area contributed by atoms with Crippen molar-refractivity contribution in [2.24, 2.45) is 0 Å². The van der Waals surface area contributed by atoms with Gasteiger partial charge >= 0.3 is 0 Å². The molecule has 0 unspecified atom stereocenters. The lowest BCUT2D eigenvalue weighted by atomic mass is 10.1. The van der Waals surface area contributed by atoms with Gasteiger partial charge in [-0.15, -0.1) is 11.3 Å². The number of carbonyl (C=O) groups is 3. The van der Waals surface area contributed by atoms with Crippen molar-refractivity contribution in [3.05, 3.63) is 70.1 Å². The number of nitrogens with one attached hydrogen (secondary N) is 1. The van der Waals surface area contributed by atoms with Crippen LogP contribution in [0.3, 0.4) is 0 Å². The fraction of sp³-hybridized carbons (Fsp3) is 0.182. The highest BCUT2D eigenvalue weighted by Crippen LogP contribution is 2.27. The first kappa shape index (κ1) is 19.0. The van der Waals surface area contributed by atoms with Gasteiger partial charge in [0.05, 0.1) is 16.8 Å². The maximum atomic E-state index is 12.4. The largest absolute Gasteiger partial charge is 0.302 e. The van der Waals surface area contributed by atoms with E-state index in [0.717, 1.165) is 16.2 Å². The highest BCUT2D eigenvalue weighted by atomic mass is 32.1. The van der Waals surface area contributed by atoms with E-state index in [0.29, 0.717) is 16.3 Å². The predicted molar refractivity (Wildman–Crippen MR) is 112 cm³/mol. The minimum Gasteiger partial charge on any atom is -0.302 e. The van der Waals surface area contributed by atoms with E-state index in [1.54, 1.807) is 24.3 Å². The van der Waals surface area contributed by atoms with Crippen molar-refractivity contribution in [2.75, 3.05) is 11.9 Å². The standard InChI is InChI=1S/C22H19N3O3S/c1-13-7-8-15(11-14(13)2)18-12-29-22(23-18)24-19(26)9-10-25-20(27)16-5-3-4-6-17(16)21(25)28/h3-8,11-12H,9-10H2,1-2H3,(H,23,24,26). The molecular weight excluding hydrogens is 386 g/mol. The molecule has 0 saturated heterocycles. The highest BCUT2D eigenvalue weighted by molar-refractivity contribution is 7.14. The number of aryl methyl sites for hydroxylation is 2. The molecule has 2 heterocycles. The Morgan fingerprint density at radius 2 is 1.72 bits per heavy atom. The van der Waals surface area contributed by atoms with E-state index < -0.39 is 0 Å². The topological polar surface area (TPSA) is 79.4 Å². The molecule has 2 aromatic carbocycles. The Labute approximate surface area is 172 Å². The van der Waals surface area contributed by atoms with Gasteiger partial charge in [-0.05, 0) is 43.2 Å². The zero-order valence-corrected chi connectivity index (χ0v) is 16.9. The molecule has 146 valence electrons. The third kappa shape index (κ3) is 3.69. The van der Waals surface area contributed by atoms with Gasteiger partial charge in [-0.1, -0.05) is 24.3 Å². The number of amides is 3. The molecule has 3 aromatic rings. The van der Waals surface area contributed by atoms with Crippen LogP contribution in [0.1, 0.15) is 38.3 Å². The van der Waals surface area contributed by atoms with Crippen LogP contribution in [0.15, 0.2) is 47.8 Å². The summed E-state index contributed by atoms with van der Waals surface area (Å²) in [6.45, 7) is 4.14. The lowest BCUT2D eigenvalue weighted by Gasteiger charge is -2.12. The molecule has 0 saturated carbocycles. The molecule has 0 radical (unpaired) electrons. The smallest absolute Gasteiger partial charge is 0.261 e. The zero-order valence-electron chi connectivity index (χ0n) is 16.1. The van der Waals surface area contributed by atoms with Gasteiger partial charge < -0.3 is 5.32 Å². The van der Waals surface area contributed by atoms with E-state index in [4.69, 9.17) is 0 Å². The van der Waals surface area contributed by atoms with E-state index >= 15 is 0 Å². The minimum atomic E-state index is -0.357. The summed E-state index contributed by atoms with van der Waals surface area (Å²) in [5, 5.41) is 5.14. The Balaban J connectivity index is 1.37. The van der Waals surface area contributed by atoms with Gasteiger partial charge in [0, 0.05) is 23.9 Å². The Morgan fingerprint density at radius 1 is 1.03 bits per heavy atom. The predicted octanol–water partition coefficient (Wildman–Crippen LogP) is 4.05. The first-order chi connectivity index (χ1) is 13.9. The third-order valence-corrected chi connectivity index (χ3v) is 5.75. The van der Waals surface area contributed by atoms with E-state index in [2.05, 4.69) is 23.3 Å². The van der Waals surface area contributed by atoms with Crippen LogP contribution in [-0.2, 0) is 4.79 Å². The molecule has 3 amide bonds. The van der Waals surface area contributed by atoms with Crippen LogP contribution >= 0.6 is 11.3 Å². The second kappa shape index (κ2) is 7.60. The van der Waals surface area contributed by atoms with Gasteiger partial charge in [0.1, 0.15) is 0 Å². The van der Waals surface area contributed by atoms with Gasteiger partial charge in [0.25, 0.3) is 11.8 Å². The van der Waals surface area contributed by atoms with Crippen molar-refractivity contribution < 1.29 is 14.4 Å². The maximum absolute atomic E-state index is 12.4. The van der Waals surface area contributed by atoms with Crippen LogP contribution in [0.25, 0.3) is 11.3 Å². The second-order valence-electron chi connectivity index (χ2n) is 6.94. The fourth-order valence-electron chi connectivity index (χ4n) is 3.20. The van der Waals surface area contributed by atoms with E-state index in [9.17, 15) is 14.4 Å². The number of anilines is 1.